The molecular formula is C21H37O8P. The first kappa shape index (κ1) is 28.5. The molecule has 0 aliphatic rings. The standard InChI is InChI=1S/C21H37O8P/c1-3-5-7-9-11-13-15-20(22)27-17-19(18-28-30(24,25)26)29-21(23)16-14-12-10-8-6-4-2/h11-14,19H,3-10,15-18H2,1-2H3,(H2,24,25,26)/t19-/m1/s1. The molecule has 0 bridgehead atoms. The van der Waals surface area contributed by atoms with Crippen molar-refractivity contribution in [1.82, 2.24) is 0 Å². The monoisotopic (exact) mass is 448 g/mol. The Morgan fingerprint density at radius 3 is 1.87 bits per heavy atom. The summed E-state index contributed by atoms with van der Waals surface area (Å²) in [5.74, 6) is -1.11. The summed E-state index contributed by atoms with van der Waals surface area (Å²) in [5.41, 5.74) is 0. The maximum absolute atomic E-state index is 11.9. The number of phosphoric acid groups is 1. The molecule has 0 spiro atoms. The molecular weight excluding hydrogens is 411 g/mol. The smallest absolute Gasteiger partial charge is 0.461 e. The van der Waals surface area contributed by atoms with Gasteiger partial charge in [0.05, 0.1) is 19.4 Å². The first-order chi connectivity index (χ1) is 14.3. The Balaban J connectivity index is 4.40. The van der Waals surface area contributed by atoms with E-state index in [0.29, 0.717) is 0 Å². The van der Waals surface area contributed by atoms with E-state index in [1.54, 1.807) is 12.2 Å². The van der Waals surface area contributed by atoms with Gasteiger partial charge in [-0.2, -0.15) is 0 Å². The van der Waals surface area contributed by atoms with Crippen LogP contribution in [-0.2, 0) is 28.2 Å². The van der Waals surface area contributed by atoms with Crippen LogP contribution in [0.3, 0.4) is 0 Å². The van der Waals surface area contributed by atoms with Crippen LogP contribution in [-0.4, -0.2) is 41.0 Å². The van der Waals surface area contributed by atoms with Crippen molar-refractivity contribution in [1.29, 1.82) is 0 Å². The zero-order valence-corrected chi connectivity index (χ0v) is 19.1. The number of esters is 2. The molecule has 0 aromatic heterocycles. The second-order valence-electron chi connectivity index (χ2n) is 6.92. The Bertz CT molecular complexity index is 567. The van der Waals surface area contributed by atoms with E-state index in [2.05, 4.69) is 18.4 Å². The minimum Gasteiger partial charge on any atom is -0.461 e. The molecule has 8 nitrogen and oxygen atoms in total. The number of hydrogen-bond acceptors (Lipinski definition) is 6. The van der Waals surface area contributed by atoms with Crippen molar-refractivity contribution < 1.29 is 37.9 Å². The van der Waals surface area contributed by atoms with Gasteiger partial charge in [-0.05, 0) is 25.7 Å². The molecule has 9 heteroatoms. The van der Waals surface area contributed by atoms with Gasteiger partial charge in [-0.25, -0.2) is 4.57 Å². The zero-order chi connectivity index (χ0) is 22.7. The molecule has 30 heavy (non-hydrogen) atoms. The molecule has 0 aromatic rings. The normalized spacial score (nSPS) is 13.1. The largest absolute Gasteiger partial charge is 0.469 e. The molecule has 0 fully saturated rings. The van der Waals surface area contributed by atoms with Crippen LogP contribution < -0.4 is 0 Å². The van der Waals surface area contributed by atoms with E-state index in [1.165, 1.54) is 0 Å². The zero-order valence-electron chi connectivity index (χ0n) is 18.2. The molecule has 0 aliphatic heterocycles. The summed E-state index contributed by atoms with van der Waals surface area (Å²) in [6.45, 7) is 3.31. The van der Waals surface area contributed by atoms with Gasteiger partial charge in [0, 0.05) is 0 Å². The van der Waals surface area contributed by atoms with Crippen LogP contribution in [0.15, 0.2) is 24.3 Å². The Morgan fingerprint density at radius 1 is 0.833 bits per heavy atom. The van der Waals surface area contributed by atoms with Crippen molar-refractivity contribution in [2.24, 2.45) is 0 Å². The highest BCUT2D eigenvalue weighted by molar-refractivity contribution is 7.46. The van der Waals surface area contributed by atoms with E-state index in [9.17, 15) is 14.2 Å². The van der Waals surface area contributed by atoms with Crippen molar-refractivity contribution in [2.75, 3.05) is 13.2 Å². The van der Waals surface area contributed by atoms with Gasteiger partial charge in [0.25, 0.3) is 0 Å². The second kappa shape index (κ2) is 18.3. The number of carbonyl (C=O) groups is 2. The first-order valence-corrected chi connectivity index (χ1v) is 12.2. The van der Waals surface area contributed by atoms with Crippen molar-refractivity contribution in [3.8, 4) is 0 Å². The number of hydrogen-bond donors (Lipinski definition) is 2. The molecule has 0 unspecified atom stereocenters. The van der Waals surface area contributed by atoms with E-state index in [-0.39, 0.29) is 19.4 Å². The Labute approximate surface area is 179 Å². The van der Waals surface area contributed by atoms with Crippen LogP contribution in [0, 0.1) is 0 Å². The third-order valence-electron chi connectivity index (χ3n) is 4.01. The third kappa shape index (κ3) is 19.8. The van der Waals surface area contributed by atoms with Crippen molar-refractivity contribution in [2.45, 2.75) is 84.2 Å². The molecule has 0 saturated heterocycles. The van der Waals surface area contributed by atoms with Gasteiger partial charge in [-0.3, -0.25) is 14.1 Å². The predicted molar refractivity (Wildman–Crippen MR) is 115 cm³/mol. The molecule has 2 N–H and O–H groups in total. The number of rotatable bonds is 18. The number of allylic oxidation sites excluding steroid dienone is 2. The number of ether oxygens (including phenoxy) is 2. The van der Waals surface area contributed by atoms with E-state index < -0.39 is 32.5 Å². The molecule has 0 aromatic carbocycles. The van der Waals surface area contributed by atoms with Gasteiger partial charge < -0.3 is 19.3 Å². The highest BCUT2D eigenvalue weighted by atomic mass is 31.2. The molecule has 174 valence electrons. The SMILES string of the molecule is CCCCCC=CCC(=O)OC[C@H](COP(=O)(O)O)OC(=O)CC=CCCCCC. The molecule has 1 atom stereocenters. The van der Waals surface area contributed by atoms with Crippen LogP contribution in [0.4, 0.5) is 0 Å². The highest BCUT2D eigenvalue weighted by Crippen LogP contribution is 2.35. The summed E-state index contributed by atoms with van der Waals surface area (Å²) in [5, 5.41) is 0. The lowest BCUT2D eigenvalue weighted by Crippen LogP contribution is -2.29. The van der Waals surface area contributed by atoms with Crippen LogP contribution in [0.2, 0.25) is 0 Å². The number of phosphoric ester groups is 1. The summed E-state index contributed by atoms with van der Waals surface area (Å²) in [7, 11) is -4.74. The van der Waals surface area contributed by atoms with E-state index in [1.807, 2.05) is 12.2 Å². The van der Waals surface area contributed by atoms with E-state index >= 15 is 0 Å². The summed E-state index contributed by atoms with van der Waals surface area (Å²) >= 11 is 0. The van der Waals surface area contributed by atoms with E-state index in [0.717, 1.165) is 51.4 Å². The Kier molecular flexibility index (Phi) is 17.4. The minimum absolute atomic E-state index is 0.0208. The van der Waals surface area contributed by atoms with Crippen molar-refractivity contribution >= 4 is 19.8 Å². The molecule has 0 heterocycles. The fourth-order valence-corrected chi connectivity index (χ4v) is 2.75. The van der Waals surface area contributed by atoms with Crippen molar-refractivity contribution in [3.63, 3.8) is 0 Å². The Hall–Kier alpha value is -1.47. The Morgan fingerprint density at radius 2 is 1.37 bits per heavy atom. The molecule has 0 rings (SSSR count). The summed E-state index contributed by atoms with van der Waals surface area (Å²) in [6.07, 6.45) is 14.6. The lowest BCUT2D eigenvalue weighted by Gasteiger charge is -2.18. The average Bonchev–Trinajstić information content (AvgIpc) is 2.68. The predicted octanol–water partition coefficient (Wildman–Crippen LogP) is 4.60. The van der Waals surface area contributed by atoms with Gasteiger partial charge in [0.2, 0.25) is 0 Å². The summed E-state index contributed by atoms with van der Waals surface area (Å²) in [4.78, 5) is 41.4. The molecule has 0 aliphatic carbocycles. The maximum Gasteiger partial charge on any atom is 0.469 e. The average molecular weight is 448 g/mol. The van der Waals surface area contributed by atoms with Gasteiger partial charge in [0.15, 0.2) is 6.10 Å². The van der Waals surface area contributed by atoms with Gasteiger partial charge in [-0.15, -0.1) is 0 Å². The quantitative estimate of drug-likeness (QED) is 0.135. The second-order valence-corrected chi connectivity index (χ2v) is 8.16. The molecule has 0 saturated carbocycles. The molecule has 0 radical (unpaired) electrons. The fourth-order valence-electron chi connectivity index (χ4n) is 2.39. The van der Waals surface area contributed by atoms with Gasteiger partial charge >= 0.3 is 19.8 Å². The van der Waals surface area contributed by atoms with Crippen LogP contribution in [0.5, 0.6) is 0 Å². The summed E-state index contributed by atoms with van der Waals surface area (Å²) in [6, 6.07) is 0. The van der Waals surface area contributed by atoms with E-state index in [4.69, 9.17) is 19.3 Å². The number of unbranched alkanes of at least 4 members (excludes halogenated alkanes) is 6. The maximum atomic E-state index is 11.9. The topological polar surface area (TPSA) is 119 Å². The van der Waals surface area contributed by atoms with Crippen LogP contribution >= 0.6 is 7.82 Å². The fraction of sp³-hybridized carbons (Fsp3) is 0.714. The third-order valence-corrected chi connectivity index (χ3v) is 4.49. The van der Waals surface area contributed by atoms with Crippen LogP contribution in [0.1, 0.15) is 78.1 Å². The molecule has 0 amide bonds. The lowest BCUT2D eigenvalue weighted by atomic mass is 10.2. The van der Waals surface area contributed by atoms with Crippen molar-refractivity contribution in [3.05, 3.63) is 24.3 Å². The highest BCUT2D eigenvalue weighted by Gasteiger charge is 2.22. The lowest BCUT2D eigenvalue weighted by molar-refractivity contribution is -0.160. The minimum atomic E-state index is -4.74. The number of carbonyl (C=O) groups excluding carboxylic acids is 2. The van der Waals surface area contributed by atoms with Crippen LogP contribution in [0.25, 0.3) is 0 Å². The summed E-state index contributed by atoms with van der Waals surface area (Å²) < 4.78 is 25.5. The van der Waals surface area contributed by atoms with Gasteiger partial charge in [-0.1, -0.05) is 63.8 Å². The first-order valence-electron chi connectivity index (χ1n) is 10.6. The van der Waals surface area contributed by atoms with Gasteiger partial charge in [0.1, 0.15) is 6.61 Å².